The maximum absolute atomic E-state index is 12.5. The third kappa shape index (κ3) is 4.34. The first-order chi connectivity index (χ1) is 12.3. The van der Waals surface area contributed by atoms with E-state index >= 15 is 0 Å². The van der Waals surface area contributed by atoms with Crippen LogP contribution in [-0.4, -0.2) is 57.7 Å². The van der Waals surface area contributed by atoms with Crippen LogP contribution < -0.4 is 0 Å². The first-order valence-corrected chi connectivity index (χ1v) is 10.2. The van der Waals surface area contributed by atoms with Crippen molar-refractivity contribution in [1.29, 1.82) is 0 Å². The van der Waals surface area contributed by atoms with E-state index in [2.05, 4.69) is 17.0 Å². The van der Waals surface area contributed by atoms with Crippen LogP contribution in [0.2, 0.25) is 0 Å². The minimum atomic E-state index is -0.480. The molecule has 142 valence electrons. The first-order valence-electron chi connectivity index (χ1n) is 9.25. The van der Waals surface area contributed by atoms with Crippen LogP contribution in [0.5, 0.6) is 0 Å². The Morgan fingerprint density at radius 2 is 1.85 bits per heavy atom. The summed E-state index contributed by atoms with van der Waals surface area (Å²) in [6.07, 6.45) is 2.22. The number of benzene rings is 1. The number of hydrogen-bond acceptors (Lipinski definition) is 4. The monoisotopic (exact) mass is 376 g/mol. The number of likely N-dealkylation sites (tertiary alicyclic amines) is 1. The van der Waals surface area contributed by atoms with Gasteiger partial charge < -0.3 is 14.5 Å². The summed E-state index contributed by atoms with van der Waals surface area (Å²) in [7, 11) is 0. The summed E-state index contributed by atoms with van der Waals surface area (Å²) in [4.78, 5) is 28.4. The van der Waals surface area contributed by atoms with Gasteiger partial charge in [0.2, 0.25) is 5.91 Å². The van der Waals surface area contributed by atoms with Crippen LogP contribution in [-0.2, 0) is 16.0 Å². The Balaban J connectivity index is 1.60. The molecule has 0 N–H and O–H groups in total. The van der Waals surface area contributed by atoms with Crippen molar-refractivity contribution in [3.8, 4) is 0 Å². The Morgan fingerprint density at radius 3 is 2.46 bits per heavy atom. The van der Waals surface area contributed by atoms with Crippen molar-refractivity contribution in [2.45, 2.75) is 50.5 Å². The van der Waals surface area contributed by atoms with Gasteiger partial charge in [-0.05, 0) is 45.6 Å². The van der Waals surface area contributed by atoms with Crippen LogP contribution in [0, 0.1) is 0 Å². The molecule has 0 unspecified atom stereocenters. The minimum absolute atomic E-state index is 0.162. The molecule has 1 aromatic carbocycles. The average Bonchev–Trinajstić information content (AvgIpc) is 2.89. The van der Waals surface area contributed by atoms with Crippen molar-refractivity contribution < 1.29 is 14.3 Å². The molecular weight excluding hydrogens is 348 g/mol. The van der Waals surface area contributed by atoms with Crippen LogP contribution >= 0.6 is 11.8 Å². The van der Waals surface area contributed by atoms with E-state index in [1.54, 1.807) is 16.7 Å². The van der Waals surface area contributed by atoms with Crippen LogP contribution in [0.1, 0.15) is 39.2 Å². The minimum Gasteiger partial charge on any atom is -0.444 e. The van der Waals surface area contributed by atoms with E-state index in [1.807, 2.05) is 39.0 Å². The van der Waals surface area contributed by atoms with Gasteiger partial charge in [0.05, 0.1) is 10.6 Å². The van der Waals surface area contributed by atoms with Gasteiger partial charge in [0.25, 0.3) is 0 Å². The molecule has 0 radical (unpaired) electrons. The average molecular weight is 377 g/mol. The molecule has 2 saturated heterocycles. The number of rotatable bonds is 3. The number of thioether (sulfide) groups is 1. The van der Waals surface area contributed by atoms with Crippen molar-refractivity contribution in [1.82, 2.24) is 9.80 Å². The second-order valence-electron chi connectivity index (χ2n) is 7.98. The highest BCUT2D eigenvalue weighted by Gasteiger charge is 2.48. The van der Waals surface area contributed by atoms with Gasteiger partial charge in [0.1, 0.15) is 5.60 Å². The standard InChI is InChI=1S/C20H28N2O3S/c1-19(2,3)25-18(24)21-13-10-20(11-14-21)22(17(23)15-26-20)12-9-16-7-5-4-6-8-16/h4-8H,9-15H2,1-3H3. The summed E-state index contributed by atoms with van der Waals surface area (Å²) >= 11 is 1.74. The van der Waals surface area contributed by atoms with Crippen molar-refractivity contribution in [3.05, 3.63) is 35.9 Å². The summed E-state index contributed by atoms with van der Waals surface area (Å²) in [6.45, 7) is 7.66. The molecule has 6 heteroatoms. The molecule has 0 aromatic heterocycles. The van der Waals surface area contributed by atoms with Crippen LogP contribution in [0.4, 0.5) is 4.79 Å². The molecule has 2 amide bonds. The molecule has 1 aromatic rings. The normalized spacial score (nSPS) is 19.9. The zero-order valence-electron chi connectivity index (χ0n) is 15.9. The van der Waals surface area contributed by atoms with Crippen molar-refractivity contribution in [2.24, 2.45) is 0 Å². The number of nitrogens with zero attached hydrogens (tertiary/aromatic N) is 2. The van der Waals surface area contributed by atoms with E-state index < -0.39 is 5.60 Å². The molecule has 2 fully saturated rings. The van der Waals surface area contributed by atoms with Crippen LogP contribution in [0.25, 0.3) is 0 Å². The number of carbonyl (C=O) groups excluding carboxylic acids is 2. The van der Waals surface area contributed by atoms with Gasteiger partial charge in [-0.3, -0.25) is 4.79 Å². The molecule has 5 nitrogen and oxygen atoms in total. The molecule has 2 aliphatic rings. The van der Waals surface area contributed by atoms with E-state index in [0.717, 1.165) is 25.8 Å². The van der Waals surface area contributed by atoms with E-state index in [9.17, 15) is 9.59 Å². The quantitative estimate of drug-likeness (QED) is 0.810. The fraction of sp³-hybridized carbons (Fsp3) is 0.600. The highest BCUT2D eigenvalue weighted by molar-refractivity contribution is 8.01. The van der Waals surface area contributed by atoms with Gasteiger partial charge in [0.15, 0.2) is 0 Å². The fourth-order valence-electron chi connectivity index (χ4n) is 3.57. The SMILES string of the molecule is CC(C)(C)OC(=O)N1CCC2(CC1)SCC(=O)N2CCc1ccccc1. The predicted molar refractivity (Wildman–Crippen MR) is 104 cm³/mol. The van der Waals surface area contributed by atoms with Gasteiger partial charge >= 0.3 is 6.09 Å². The first kappa shape index (κ1) is 19.1. The molecule has 26 heavy (non-hydrogen) atoms. The Bertz CT molecular complexity index is 649. The molecule has 0 bridgehead atoms. The zero-order chi connectivity index (χ0) is 18.8. The predicted octanol–water partition coefficient (Wildman–Crippen LogP) is 3.53. The summed E-state index contributed by atoms with van der Waals surface area (Å²) in [5.41, 5.74) is 0.769. The molecule has 1 spiro atoms. The Kier molecular flexibility index (Phi) is 5.51. The summed E-state index contributed by atoms with van der Waals surface area (Å²) < 4.78 is 5.48. The number of amides is 2. The molecule has 0 saturated carbocycles. The summed E-state index contributed by atoms with van der Waals surface area (Å²) in [5, 5.41) is 0. The second kappa shape index (κ2) is 7.51. The summed E-state index contributed by atoms with van der Waals surface area (Å²) in [6, 6.07) is 10.3. The lowest BCUT2D eigenvalue weighted by atomic mass is 10.0. The lowest BCUT2D eigenvalue weighted by Crippen LogP contribution is -2.53. The Hall–Kier alpha value is -1.69. The van der Waals surface area contributed by atoms with E-state index in [-0.39, 0.29) is 16.9 Å². The summed E-state index contributed by atoms with van der Waals surface area (Å²) in [5.74, 6) is 0.762. The molecule has 0 atom stereocenters. The number of carbonyl (C=O) groups is 2. The van der Waals surface area contributed by atoms with Crippen LogP contribution in [0.3, 0.4) is 0 Å². The third-order valence-corrected chi connectivity index (χ3v) is 6.48. The third-order valence-electron chi connectivity index (χ3n) is 4.92. The maximum Gasteiger partial charge on any atom is 0.410 e. The van der Waals surface area contributed by atoms with Gasteiger partial charge in [-0.2, -0.15) is 0 Å². The lowest BCUT2D eigenvalue weighted by molar-refractivity contribution is -0.131. The molecule has 2 heterocycles. The largest absolute Gasteiger partial charge is 0.444 e. The van der Waals surface area contributed by atoms with E-state index in [0.29, 0.717) is 18.8 Å². The highest BCUT2D eigenvalue weighted by atomic mass is 32.2. The Morgan fingerprint density at radius 1 is 1.19 bits per heavy atom. The molecule has 2 aliphatic heterocycles. The van der Waals surface area contributed by atoms with Crippen molar-refractivity contribution >= 4 is 23.8 Å². The smallest absolute Gasteiger partial charge is 0.410 e. The molecule has 3 rings (SSSR count). The van der Waals surface area contributed by atoms with Crippen LogP contribution in [0.15, 0.2) is 30.3 Å². The van der Waals surface area contributed by atoms with Gasteiger partial charge in [-0.15, -0.1) is 11.8 Å². The second-order valence-corrected chi connectivity index (χ2v) is 9.32. The van der Waals surface area contributed by atoms with Gasteiger partial charge in [-0.25, -0.2) is 4.79 Å². The number of ether oxygens (including phenoxy) is 1. The van der Waals surface area contributed by atoms with Gasteiger partial charge in [0, 0.05) is 19.6 Å². The zero-order valence-corrected chi connectivity index (χ0v) is 16.7. The maximum atomic E-state index is 12.5. The Labute approximate surface area is 160 Å². The molecule has 0 aliphatic carbocycles. The lowest BCUT2D eigenvalue weighted by Gasteiger charge is -2.44. The number of piperidine rings is 1. The number of hydrogen-bond donors (Lipinski definition) is 0. The topological polar surface area (TPSA) is 49.9 Å². The van der Waals surface area contributed by atoms with E-state index in [1.165, 1.54) is 5.56 Å². The molecular formula is C20H28N2O3S. The van der Waals surface area contributed by atoms with Crippen molar-refractivity contribution in [3.63, 3.8) is 0 Å². The fourth-order valence-corrected chi connectivity index (χ4v) is 4.94. The van der Waals surface area contributed by atoms with Crippen molar-refractivity contribution in [2.75, 3.05) is 25.4 Å². The highest BCUT2D eigenvalue weighted by Crippen LogP contribution is 2.44. The van der Waals surface area contributed by atoms with E-state index in [4.69, 9.17) is 4.74 Å². The van der Waals surface area contributed by atoms with Gasteiger partial charge in [-0.1, -0.05) is 30.3 Å².